The molecule has 1 aromatic heterocycles. The average molecular weight is 244 g/mol. The Morgan fingerprint density at radius 3 is 3.07 bits per heavy atom. The van der Waals surface area contributed by atoms with Crippen molar-refractivity contribution < 1.29 is 4.79 Å². The number of hydrogen-bond donors (Lipinski definition) is 0. The third kappa shape index (κ3) is 2.34. The number of carbonyl (C=O) groups is 1. The molecule has 0 N–H and O–H groups in total. The lowest BCUT2D eigenvalue weighted by atomic mass is 10.0. The summed E-state index contributed by atoms with van der Waals surface area (Å²) in [5, 5.41) is 2.45. The maximum Gasteiger partial charge on any atom is 0.265 e. The minimum Gasteiger partial charge on any atom is -0.338 e. The number of halogens is 1. The van der Waals surface area contributed by atoms with Gasteiger partial charge in [0.25, 0.3) is 5.91 Å². The van der Waals surface area contributed by atoms with Crippen LogP contribution in [-0.2, 0) is 0 Å². The van der Waals surface area contributed by atoms with Crippen LogP contribution in [0.5, 0.6) is 0 Å². The van der Waals surface area contributed by atoms with Crippen molar-refractivity contribution in [1.82, 2.24) is 4.90 Å². The highest BCUT2D eigenvalue weighted by molar-refractivity contribution is 7.12. The number of rotatable bonds is 1. The molecule has 1 aliphatic rings. The summed E-state index contributed by atoms with van der Waals surface area (Å²) in [6.45, 7) is 3.93. The Bertz CT molecular complexity index is 363. The van der Waals surface area contributed by atoms with E-state index in [2.05, 4.69) is 6.92 Å². The molecule has 2 heterocycles. The van der Waals surface area contributed by atoms with Crippen molar-refractivity contribution in [3.8, 4) is 0 Å². The van der Waals surface area contributed by atoms with E-state index in [4.69, 9.17) is 11.6 Å². The van der Waals surface area contributed by atoms with E-state index in [1.165, 1.54) is 17.8 Å². The van der Waals surface area contributed by atoms with Gasteiger partial charge >= 0.3 is 0 Å². The number of nitrogens with zero attached hydrogens (tertiary/aromatic N) is 1. The largest absolute Gasteiger partial charge is 0.338 e. The van der Waals surface area contributed by atoms with Crippen LogP contribution in [0.4, 0.5) is 0 Å². The van der Waals surface area contributed by atoms with Crippen LogP contribution >= 0.6 is 22.9 Å². The second-order valence-corrected chi connectivity index (χ2v) is 5.42. The van der Waals surface area contributed by atoms with Crippen molar-refractivity contribution >= 4 is 28.8 Å². The summed E-state index contributed by atoms with van der Waals surface area (Å²) in [5.74, 6) is 0.711. The second kappa shape index (κ2) is 4.54. The molecule has 1 unspecified atom stereocenters. The Balaban J connectivity index is 2.11. The lowest BCUT2D eigenvalue weighted by Gasteiger charge is -2.30. The molecule has 2 rings (SSSR count). The van der Waals surface area contributed by atoms with Gasteiger partial charge in [-0.2, -0.15) is 0 Å². The SMILES string of the molecule is CC1CCCN(C(=O)c2sccc2Cl)C1. The zero-order chi connectivity index (χ0) is 10.8. The van der Waals surface area contributed by atoms with E-state index in [0.29, 0.717) is 15.8 Å². The topological polar surface area (TPSA) is 20.3 Å². The molecule has 1 saturated heterocycles. The van der Waals surface area contributed by atoms with E-state index in [1.54, 1.807) is 6.07 Å². The summed E-state index contributed by atoms with van der Waals surface area (Å²) in [6.07, 6.45) is 2.33. The van der Waals surface area contributed by atoms with Crippen molar-refractivity contribution in [3.63, 3.8) is 0 Å². The molecule has 4 heteroatoms. The van der Waals surface area contributed by atoms with E-state index in [-0.39, 0.29) is 5.91 Å². The molecule has 1 aliphatic heterocycles. The highest BCUT2D eigenvalue weighted by Gasteiger charge is 2.24. The van der Waals surface area contributed by atoms with E-state index in [9.17, 15) is 4.79 Å². The fraction of sp³-hybridized carbons (Fsp3) is 0.545. The lowest BCUT2D eigenvalue weighted by Crippen LogP contribution is -2.38. The molecule has 1 aromatic rings. The molecule has 0 saturated carbocycles. The minimum atomic E-state index is 0.0987. The van der Waals surface area contributed by atoms with Crippen LogP contribution in [-0.4, -0.2) is 23.9 Å². The molecule has 0 aliphatic carbocycles. The maximum absolute atomic E-state index is 12.1. The number of thiophene rings is 1. The van der Waals surface area contributed by atoms with Crippen LogP contribution in [0.15, 0.2) is 11.4 Å². The first-order valence-corrected chi connectivity index (χ1v) is 6.46. The monoisotopic (exact) mass is 243 g/mol. The first-order chi connectivity index (χ1) is 7.18. The molecular weight excluding hydrogens is 230 g/mol. The molecule has 1 amide bonds. The number of hydrogen-bond acceptors (Lipinski definition) is 2. The average Bonchev–Trinajstić information content (AvgIpc) is 2.63. The van der Waals surface area contributed by atoms with Gasteiger partial charge in [-0.25, -0.2) is 0 Å². The Labute approximate surface area is 98.8 Å². The molecule has 1 fully saturated rings. The summed E-state index contributed by atoms with van der Waals surface area (Å²) >= 11 is 7.38. The number of piperidine rings is 1. The van der Waals surface area contributed by atoms with E-state index < -0.39 is 0 Å². The van der Waals surface area contributed by atoms with Crippen molar-refractivity contribution in [3.05, 3.63) is 21.3 Å². The standard InChI is InChI=1S/C11H14ClNOS/c1-8-3-2-5-13(7-8)11(14)10-9(12)4-6-15-10/h4,6,8H,2-3,5,7H2,1H3. The van der Waals surface area contributed by atoms with E-state index >= 15 is 0 Å². The van der Waals surface area contributed by atoms with E-state index in [0.717, 1.165) is 19.5 Å². The first-order valence-electron chi connectivity index (χ1n) is 5.20. The fourth-order valence-corrected chi connectivity index (χ4v) is 3.07. The Morgan fingerprint density at radius 1 is 1.67 bits per heavy atom. The first kappa shape index (κ1) is 11.0. The van der Waals surface area contributed by atoms with Gasteiger partial charge in [0, 0.05) is 13.1 Å². The summed E-state index contributed by atoms with van der Waals surface area (Å²) in [5.41, 5.74) is 0. The van der Waals surface area contributed by atoms with Gasteiger partial charge in [-0.3, -0.25) is 4.79 Å². The van der Waals surface area contributed by atoms with Crippen LogP contribution in [0.25, 0.3) is 0 Å². The quantitative estimate of drug-likeness (QED) is 0.741. The van der Waals surface area contributed by atoms with Gasteiger partial charge in [-0.1, -0.05) is 18.5 Å². The molecular formula is C11H14ClNOS. The summed E-state index contributed by atoms with van der Waals surface area (Å²) < 4.78 is 0. The van der Waals surface area contributed by atoms with Gasteiger partial charge in [0.15, 0.2) is 0 Å². The third-order valence-corrected chi connectivity index (χ3v) is 4.09. The summed E-state index contributed by atoms with van der Waals surface area (Å²) in [6, 6.07) is 1.78. The molecule has 2 nitrogen and oxygen atoms in total. The van der Waals surface area contributed by atoms with Crippen LogP contribution in [0.1, 0.15) is 29.4 Å². The number of amides is 1. The molecule has 82 valence electrons. The molecule has 0 aromatic carbocycles. The highest BCUT2D eigenvalue weighted by atomic mass is 35.5. The van der Waals surface area contributed by atoms with E-state index in [1.807, 2.05) is 10.3 Å². The maximum atomic E-state index is 12.1. The van der Waals surface area contributed by atoms with Crippen molar-refractivity contribution in [2.45, 2.75) is 19.8 Å². The molecule has 0 bridgehead atoms. The fourth-order valence-electron chi connectivity index (χ4n) is 1.96. The Morgan fingerprint density at radius 2 is 2.47 bits per heavy atom. The smallest absolute Gasteiger partial charge is 0.265 e. The molecule has 15 heavy (non-hydrogen) atoms. The van der Waals surface area contributed by atoms with Gasteiger partial charge in [-0.05, 0) is 30.2 Å². The van der Waals surface area contributed by atoms with Crippen molar-refractivity contribution in [2.24, 2.45) is 5.92 Å². The lowest BCUT2D eigenvalue weighted by molar-refractivity contribution is 0.0688. The van der Waals surface area contributed by atoms with Gasteiger partial charge in [0.1, 0.15) is 4.88 Å². The predicted octanol–water partition coefficient (Wildman–Crippen LogP) is 3.27. The van der Waals surface area contributed by atoms with Crippen LogP contribution in [0.2, 0.25) is 5.02 Å². The van der Waals surface area contributed by atoms with Crippen LogP contribution < -0.4 is 0 Å². The zero-order valence-electron chi connectivity index (χ0n) is 8.70. The second-order valence-electron chi connectivity index (χ2n) is 4.10. The van der Waals surface area contributed by atoms with Crippen molar-refractivity contribution in [2.75, 3.05) is 13.1 Å². The number of likely N-dealkylation sites (tertiary alicyclic amines) is 1. The van der Waals surface area contributed by atoms with Gasteiger partial charge in [0.05, 0.1) is 5.02 Å². The van der Waals surface area contributed by atoms with Gasteiger partial charge in [0.2, 0.25) is 0 Å². The molecule has 1 atom stereocenters. The summed E-state index contributed by atoms with van der Waals surface area (Å²) in [4.78, 5) is 14.7. The molecule has 0 radical (unpaired) electrons. The van der Waals surface area contributed by atoms with Gasteiger partial charge in [-0.15, -0.1) is 11.3 Å². The van der Waals surface area contributed by atoms with Crippen LogP contribution in [0.3, 0.4) is 0 Å². The normalized spacial score (nSPS) is 21.7. The zero-order valence-corrected chi connectivity index (χ0v) is 10.3. The molecule has 0 spiro atoms. The highest BCUT2D eigenvalue weighted by Crippen LogP contribution is 2.25. The van der Waals surface area contributed by atoms with Crippen LogP contribution in [0, 0.1) is 5.92 Å². The predicted molar refractivity (Wildman–Crippen MR) is 63.6 cm³/mol. The van der Waals surface area contributed by atoms with Gasteiger partial charge < -0.3 is 4.90 Å². The Hall–Kier alpha value is -0.540. The Kier molecular flexibility index (Phi) is 3.32. The summed E-state index contributed by atoms with van der Waals surface area (Å²) in [7, 11) is 0. The third-order valence-electron chi connectivity index (χ3n) is 2.76. The number of carbonyl (C=O) groups excluding carboxylic acids is 1. The minimum absolute atomic E-state index is 0.0987. The van der Waals surface area contributed by atoms with Crippen molar-refractivity contribution in [1.29, 1.82) is 0 Å².